The number of hydrogen-bond acceptors (Lipinski definition) is 6. The zero-order chi connectivity index (χ0) is 32.6. The Morgan fingerprint density at radius 2 is 1.62 bits per heavy atom. The summed E-state index contributed by atoms with van der Waals surface area (Å²) in [7, 11) is -1.14. The zero-order valence-corrected chi connectivity index (χ0v) is 28.7. The minimum absolute atomic E-state index is 0.00709. The van der Waals surface area contributed by atoms with E-state index in [1.54, 1.807) is 49.6 Å². The number of hydrogen-bond donors (Lipinski definition) is 1. The van der Waals surface area contributed by atoms with E-state index in [1.807, 2.05) is 26.0 Å². The van der Waals surface area contributed by atoms with E-state index < -0.39 is 28.5 Å². The Morgan fingerprint density at radius 1 is 0.956 bits per heavy atom. The van der Waals surface area contributed by atoms with E-state index >= 15 is 0 Å². The number of aryl methyl sites for hydroxylation is 1. The van der Waals surface area contributed by atoms with Gasteiger partial charge in [0.15, 0.2) is 0 Å². The Hall–Kier alpha value is -3.57. The molecule has 0 unspecified atom stereocenters. The number of methoxy groups -OCH3 is 2. The largest absolute Gasteiger partial charge is 0.497 e. The molecular weight excluding hydrogens is 658 g/mol. The first-order valence-electron chi connectivity index (χ1n) is 15.2. The molecule has 0 bridgehead atoms. The molecule has 0 heterocycles. The van der Waals surface area contributed by atoms with Crippen molar-refractivity contribution in [3.63, 3.8) is 0 Å². The molecule has 2 amide bonds. The van der Waals surface area contributed by atoms with Crippen molar-refractivity contribution in [3.8, 4) is 11.5 Å². The van der Waals surface area contributed by atoms with Crippen LogP contribution in [0.5, 0.6) is 11.5 Å². The van der Waals surface area contributed by atoms with Gasteiger partial charge in [0, 0.05) is 12.6 Å². The topological polar surface area (TPSA) is 105 Å². The molecular formula is C34H42BrN3O6S. The van der Waals surface area contributed by atoms with Crippen molar-refractivity contribution in [2.45, 2.75) is 75.9 Å². The monoisotopic (exact) mass is 699 g/mol. The summed E-state index contributed by atoms with van der Waals surface area (Å²) in [5.41, 5.74) is 2.07. The molecule has 0 aliphatic heterocycles. The van der Waals surface area contributed by atoms with Gasteiger partial charge in [-0.05, 0) is 90.1 Å². The number of nitrogens with zero attached hydrogens (tertiary/aromatic N) is 2. The molecule has 45 heavy (non-hydrogen) atoms. The molecule has 3 aromatic carbocycles. The summed E-state index contributed by atoms with van der Waals surface area (Å²) in [5, 5.41) is 3.17. The summed E-state index contributed by atoms with van der Waals surface area (Å²) >= 11 is 3.38. The van der Waals surface area contributed by atoms with Gasteiger partial charge in [0.25, 0.3) is 10.0 Å². The first-order valence-corrected chi connectivity index (χ1v) is 17.5. The van der Waals surface area contributed by atoms with Gasteiger partial charge < -0.3 is 19.7 Å². The Morgan fingerprint density at radius 3 is 2.20 bits per heavy atom. The number of nitrogens with one attached hydrogen (secondary N) is 1. The number of carbonyl (C=O) groups is 2. The van der Waals surface area contributed by atoms with E-state index in [0.717, 1.165) is 47.5 Å². The summed E-state index contributed by atoms with van der Waals surface area (Å²) < 4.78 is 40.5. The highest BCUT2D eigenvalue weighted by Gasteiger charge is 2.34. The van der Waals surface area contributed by atoms with Crippen LogP contribution in [0.25, 0.3) is 0 Å². The second-order valence-electron chi connectivity index (χ2n) is 11.3. The second-order valence-corrected chi connectivity index (χ2v) is 14.0. The maximum absolute atomic E-state index is 14.3. The maximum atomic E-state index is 14.3. The summed E-state index contributed by atoms with van der Waals surface area (Å²) in [5.74, 6) is 0.427. The van der Waals surface area contributed by atoms with E-state index in [9.17, 15) is 18.0 Å². The Labute approximate surface area is 275 Å². The van der Waals surface area contributed by atoms with Crippen LogP contribution in [0.15, 0.2) is 76.1 Å². The first-order chi connectivity index (χ1) is 21.6. The minimum Gasteiger partial charge on any atom is -0.497 e. The van der Waals surface area contributed by atoms with Crippen LogP contribution in [0.4, 0.5) is 5.69 Å². The van der Waals surface area contributed by atoms with Gasteiger partial charge in [-0.2, -0.15) is 0 Å². The average Bonchev–Trinajstić information content (AvgIpc) is 3.04. The number of carbonyl (C=O) groups excluding carboxylic acids is 2. The summed E-state index contributed by atoms with van der Waals surface area (Å²) in [6.07, 6.45) is 5.45. The van der Waals surface area contributed by atoms with Gasteiger partial charge in [-0.1, -0.05) is 56.0 Å². The SMILES string of the molecule is CC[C@@H](C(=O)NC1CCCCC1)N(Cc1ccc(OC)cc1)C(=O)CN(c1ccc(C)cc1)S(=O)(=O)c1ccc(OC)c(Br)c1. The third kappa shape index (κ3) is 8.58. The second kappa shape index (κ2) is 15.6. The van der Waals surface area contributed by atoms with Crippen LogP contribution in [0, 0.1) is 6.92 Å². The maximum Gasteiger partial charge on any atom is 0.264 e. The Kier molecular flexibility index (Phi) is 11.9. The van der Waals surface area contributed by atoms with Crippen molar-refractivity contribution >= 4 is 43.5 Å². The average molecular weight is 701 g/mol. The number of sulfonamides is 1. The number of rotatable bonds is 13. The molecule has 1 aliphatic rings. The highest BCUT2D eigenvalue weighted by Crippen LogP contribution is 2.31. The molecule has 1 N–H and O–H groups in total. The molecule has 0 radical (unpaired) electrons. The molecule has 1 atom stereocenters. The van der Waals surface area contributed by atoms with Crippen LogP contribution >= 0.6 is 15.9 Å². The predicted octanol–water partition coefficient (Wildman–Crippen LogP) is 6.23. The summed E-state index contributed by atoms with van der Waals surface area (Å²) in [6.45, 7) is 3.39. The molecule has 0 spiro atoms. The van der Waals surface area contributed by atoms with Gasteiger partial charge in [0.2, 0.25) is 11.8 Å². The van der Waals surface area contributed by atoms with Crippen molar-refractivity contribution in [3.05, 3.63) is 82.3 Å². The highest BCUT2D eigenvalue weighted by molar-refractivity contribution is 9.10. The van der Waals surface area contributed by atoms with Crippen LogP contribution in [0.1, 0.15) is 56.6 Å². The molecule has 1 aliphatic carbocycles. The molecule has 9 nitrogen and oxygen atoms in total. The van der Waals surface area contributed by atoms with Gasteiger partial charge in [0.05, 0.1) is 29.3 Å². The minimum atomic E-state index is -4.22. The molecule has 1 fully saturated rings. The van der Waals surface area contributed by atoms with Crippen LogP contribution in [0.2, 0.25) is 0 Å². The fourth-order valence-corrected chi connectivity index (χ4v) is 7.70. The van der Waals surface area contributed by atoms with Crippen LogP contribution in [-0.4, -0.2) is 58.0 Å². The third-order valence-electron chi connectivity index (χ3n) is 8.16. The third-order valence-corrected chi connectivity index (χ3v) is 10.6. The normalized spacial score (nSPS) is 14.3. The van der Waals surface area contributed by atoms with Crippen LogP contribution in [0.3, 0.4) is 0 Å². The van der Waals surface area contributed by atoms with E-state index in [2.05, 4.69) is 21.2 Å². The number of halogens is 1. The lowest BCUT2D eigenvalue weighted by Crippen LogP contribution is -2.54. The molecule has 3 aromatic rings. The van der Waals surface area contributed by atoms with Gasteiger partial charge >= 0.3 is 0 Å². The Bertz CT molecular complexity index is 1560. The standard InChI is InChI=1S/C34H42BrN3O6S/c1-5-31(34(40)36-26-9-7-6-8-10-26)37(22-25-13-17-28(43-3)18-14-25)33(39)23-38(27-15-11-24(2)12-16-27)45(41,42)29-19-20-32(44-4)30(35)21-29/h11-21,26,31H,5-10,22-23H2,1-4H3,(H,36,40)/t31-/m0/s1. The van der Waals surface area contributed by atoms with Crippen molar-refractivity contribution in [2.75, 3.05) is 25.1 Å². The number of amides is 2. The van der Waals surface area contributed by atoms with Gasteiger partial charge in [-0.25, -0.2) is 8.42 Å². The lowest BCUT2D eigenvalue weighted by atomic mass is 9.95. The molecule has 11 heteroatoms. The summed E-state index contributed by atoms with van der Waals surface area (Å²) in [4.78, 5) is 29.6. The molecule has 1 saturated carbocycles. The number of ether oxygens (including phenoxy) is 2. The van der Waals surface area contributed by atoms with Gasteiger partial charge in [0.1, 0.15) is 24.1 Å². The smallest absolute Gasteiger partial charge is 0.264 e. The van der Waals surface area contributed by atoms with Crippen LogP contribution in [-0.2, 0) is 26.2 Å². The van der Waals surface area contributed by atoms with Gasteiger partial charge in [-0.15, -0.1) is 0 Å². The molecule has 0 aromatic heterocycles. The van der Waals surface area contributed by atoms with Crippen molar-refractivity contribution in [1.82, 2.24) is 10.2 Å². The lowest BCUT2D eigenvalue weighted by Gasteiger charge is -2.34. The first kappa shape index (κ1) is 34.3. The van der Waals surface area contributed by atoms with Gasteiger partial charge in [-0.3, -0.25) is 13.9 Å². The predicted molar refractivity (Wildman–Crippen MR) is 179 cm³/mol. The van der Waals surface area contributed by atoms with E-state index in [0.29, 0.717) is 28.1 Å². The van der Waals surface area contributed by atoms with E-state index in [-0.39, 0.29) is 23.4 Å². The van der Waals surface area contributed by atoms with E-state index in [1.165, 1.54) is 24.1 Å². The molecule has 0 saturated heterocycles. The van der Waals surface area contributed by atoms with E-state index in [4.69, 9.17) is 9.47 Å². The van der Waals surface area contributed by atoms with Crippen LogP contribution < -0.4 is 19.1 Å². The van der Waals surface area contributed by atoms with Crippen molar-refractivity contribution < 1.29 is 27.5 Å². The Balaban J connectivity index is 1.72. The van der Waals surface area contributed by atoms with Crippen molar-refractivity contribution in [2.24, 2.45) is 0 Å². The summed E-state index contributed by atoms with van der Waals surface area (Å²) in [6, 6.07) is 18.0. The quantitative estimate of drug-likeness (QED) is 0.227. The lowest BCUT2D eigenvalue weighted by molar-refractivity contribution is -0.140. The fourth-order valence-electron chi connectivity index (χ4n) is 5.57. The van der Waals surface area contributed by atoms with Crippen molar-refractivity contribution in [1.29, 1.82) is 0 Å². The zero-order valence-electron chi connectivity index (χ0n) is 26.3. The molecule has 242 valence electrons. The number of benzene rings is 3. The molecule has 4 rings (SSSR count). The highest BCUT2D eigenvalue weighted by atomic mass is 79.9. The number of anilines is 1. The fraction of sp³-hybridized carbons (Fsp3) is 0.412.